The maximum absolute atomic E-state index is 12.6. The Hall–Kier alpha value is -1.94. The van der Waals surface area contributed by atoms with Gasteiger partial charge in [-0.05, 0) is 49.2 Å². The van der Waals surface area contributed by atoms with Crippen LogP contribution in [-0.4, -0.2) is 18.3 Å². The summed E-state index contributed by atoms with van der Waals surface area (Å²) in [6.45, 7) is 4.02. The van der Waals surface area contributed by atoms with E-state index < -0.39 is 0 Å². The summed E-state index contributed by atoms with van der Waals surface area (Å²) in [6.07, 6.45) is 0. The molecule has 3 nitrogen and oxygen atoms in total. The summed E-state index contributed by atoms with van der Waals surface area (Å²) in [5, 5.41) is -0.0252. The van der Waals surface area contributed by atoms with Crippen LogP contribution in [0.1, 0.15) is 23.4 Å². The van der Waals surface area contributed by atoms with Crippen molar-refractivity contribution >= 4 is 23.4 Å². The highest BCUT2D eigenvalue weighted by molar-refractivity contribution is 8.01. The van der Waals surface area contributed by atoms with Gasteiger partial charge in [-0.1, -0.05) is 24.3 Å². The molecule has 1 aliphatic heterocycles. The van der Waals surface area contributed by atoms with Gasteiger partial charge in [0.25, 0.3) is 0 Å². The summed E-state index contributed by atoms with van der Waals surface area (Å²) < 4.78 is 5.21. The van der Waals surface area contributed by atoms with E-state index in [4.69, 9.17) is 4.74 Å². The number of rotatable bonds is 3. The van der Waals surface area contributed by atoms with E-state index in [1.54, 1.807) is 18.9 Å². The SMILES string of the molecule is COc1ccc(C2SC(C)C(=O)N2c2cccc(C)c2)cc1. The molecule has 2 aromatic rings. The van der Waals surface area contributed by atoms with Crippen LogP contribution in [0.25, 0.3) is 0 Å². The number of carbonyl (C=O) groups excluding carboxylic acids is 1. The number of thioether (sulfide) groups is 1. The fourth-order valence-corrected chi connectivity index (χ4v) is 3.94. The van der Waals surface area contributed by atoms with E-state index in [1.807, 2.05) is 61.2 Å². The molecular weight excluding hydrogens is 294 g/mol. The van der Waals surface area contributed by atoms with Gasteiger partial charge in [0, 0.05) is 5.69 Å². The highest BCUT2D eigenvalue weighted by atomic mass is 32.2. The zero-order valence-electron chi connectivity index (χ0n) is 12.9. The first-order valence-electron chi connectivity index (χ1n) is 7.29. The van der Waals surface area contributed by atoms with E-state index in [2.05, 4.69) is 6.07 Å². The lowest BCUT2D eigenvalue weighted by atomic mass is 10.1. The Labute approximate surface area is 135 Å². The standard InChI is InChI=1S/C18H19NO2S/c1-12-5-4-6-15(11-12)19-17(20)13(2)22-18(19)14-7-9-16(21-3)10-8-14/h4-11,13,18H,1-3H3. The Kier molecular flexibility index (Phi) is 4.12. The third kappa shape index (κ3) is 2.71. The highest BCUT2D eigenvalue weighted by Crippen LogP contribution is 2.45. The van der Waals surface area contributed by atoms with Crippen LogP contribution in [0, 0.1) is 6.92 Å². The van der Waals surface area contributed by atoms with Gasteiger partial charge >= 0.3 is 0 Å². The number of hydrogen-bond donors (Lipinski definition) is 0. The van der Waals surface area contributed by atoms with Crippen molar-refractivity contribution in [3.63, 3.8) is 0 Å². The fraction of sp³-hybridized carbons (Fsp3) is 0.278. The summed E-state index contributed by atoms with van der Waals surface area (Å²) in [7, 11) is 1.66. The van der Waals surface area contributed by atoms with Gasteiger partial charge in [0.1, 0.15) is 11.1 Å². The minimum absolute atomic E-state index is 0.00945. The van der Waals surface area contributed by atoms with Crippen molar-refractivity contribution in [2.24, 2.45) is 0 Å². The molecule has 2 atom stereocenters. The van der Waals surface area contributed by atoms with E-state index in [-0.39, 0.29) is 16.5 Å². The monoisotopic (exact) mass is 313 g/mol. The number of amides is 1. The fourth-order valence-electron chi connectivity index (χ4n) is 2.66. The van der Waals surface area contributed by atoms with Crippen LogP contribution in [0.4, 0.5) is 5.69 Å². The lowest BCUT2D eigenvalue weighted by Crippen LogP contribution is -2.30. The highest BCUT2D eigenvalue weighted by Gasteiger charge is 2.39. The Morgan fingerprint density at radius 2 is 1.86 bits per heavy atom. The number of methoxy groups -OCH3 is 1. The Balaban J connectivity index is 1.99. The predicted molar refractivity (Wildman–Crippen MR) is 91.5 cm³/mol. The van der Waals surface area contributed by atoms with Crippen molar-refractivity contribution in [2.75, 3.05) is 12.0 Å². The molecule has 1 heterocycles. The Bertz CT molecular complexity index is 684. The van der Waals surface area contributed by atoms with E-state index in [0.717, 1.165) is 22.6 Å². The first kappa shape index (κ1) is 15.0. The van der Waals surface area contributed by atoms with Gasteiger partial charge in [-0.2, -0.15) is 0 Å². The van der Waals surface area contributed by atoms with Gasteiger partial charge in [0.15, 0.2) is 0 Å². The molecule has 114 valence electrons. The summed E-state index contributed by atoms with van der Waals surface area (Å²) in [4.78, 5) is 14.5. The zero-order valence-corrected chi connectivity index (χ0v) is 13.8. The normalized spacial score (nSPS) is 21.2. The molecule has 0 spiro atoms. The van der Waals surface area contributed by atoms with Crippen molar-refractivity contribution in [3.05, 3.63) is 59.7 Å². The molecule has 4 heteroatoms. The van der Waals surface area contributed by atoms with Crippen molar-refractivity contribution in [1.29, 1.82) is 0 Å². The molecule has 1 fully saturated rings. The molecule has 0 N–H and O–H groups in total. The van der Waals surface area contributed by atoms with Crippen LogP contribution in [0.5, 0.6) is 5.75 Å². The largest absolute Gasteiger partial charge is 0.497 e. The molecule has 22 heavy (non-hydrogen) atoms. The maximum Gasteiger partial charge on any atom is 0.241 e. The maximum atomic E-state index is 12.6. The van der Waals surface area contributed by atoms with Crippen LogP contribution in [0.15, 0.2) is 48.5 Å². The summed E-state index contributed by atoms with van der Waals surface area (Å²) in [5.74, 6) is 0.990. The number of aryl methyl sites for hydroxylation is 1. The smallest absolute Gasteiger partial charge is 0.241 e. The molecule has 1 saturated heterocycles. The first-order chi connectivity index (χ1) is 10.6. The minimum atomic E-state index is -0.0346. The second-order valence-corrected chi connectivity index (χ2v) is 6.88. The van der Waals surface area contributed by atoms with Gasteiger partial charge in [-0.3, -0.25) is 9.69 Å². The van der Waals surface area contributed by atoms with Gasteiger partial charge in [-0.15, -0.1) is 11.8 Å². The molecule has 2 unspecified atom stereocenters. The van der Waals surface area contributed by atoms with Gasteiger partial charge in [0.05, 0.1) is 12.4 Å². The van der Waals surface area contributed by atoms with Gasteiger partial charge < -0.3 is 4.74 Å². The van der Waals surface area contributed by atoms with Crippen molar-refractivity contribution in [1.82, 2.24) is 0 Å². The number of benzene rings is 2. The van der Waals surface area contributed by atoms with E-state index in [0.29, 0.717) is 0 Å². The van der Waals surface area contributed by atoms with Crippen molar-refractivity contribution in [2.45, 2.75) is 24.5 Å². The van der Waals surface area contributed by atoms with Crippen LogP contribution < -0.4 is 9.64 Å². The van der Waals surface area contributed by atoms with E-state index >= 15 is 0 Å². The van der Waals surface area contributed by atoms with Crippen molar-refractivity contribution < 1.29 is 9.53 Å². The molecule has 0 bridgehead atoms. The molecule has 0 saturated carbocycles. The van der Waals surface area contributed by atoms with Gasteiger partial charge in [-0.25, -0.2) is 0 Å². The first-order valence-corrected chi connectivity index (χ1v) is 8.23. The number of ether oxygens (including phenoxy) is 1. The molecule has 3 rings (SSSR count). The summed E-state index contributed by atoms with van der Waals surface area (Å²) in [6, 6.07) is 16.1. The average molecular weight is 313 g/mol. The number of hydrogen-bond acceptors (Lipinski definition) is 3. The van der Waals surface area contributed by atoms with Crippen LogP contribution in [0.2, 0.25) is 0 Å². The lowest BCUT2D eigenvalue weighted by molar-refractivity contribution is -0.117. The second kappa shape index (κ2) is 6.05. The Morgan fingerprint density at radius 1 is 1.14 bits per heavy atom. The molecular formula is C18H19NO2S. The number of anilines is 1. The third-order valence-electron chi connectivity index (χ3n) is 3.83. The molecule has 0 aliphatic carbocycles. The molecule has 0 aromatic heterocycles. The second-order valence-electron chi connectivity index (χ2n) is 5.45. The molecule has 2 aromatic carbocycles. The topological polar surface area (TPSA) is 29.5 Å². The Morgan fingerprint density at radius 3 is 2.50 bits per heavy atom. The van der Waals surface area contributed by atoms with Gasteiger partial charge in [0.2, 0.25) is 5.91 Å². The van der Waals surface area contributed by atoms with Crippen LogP contribution in [-0.2, 0) is 4.79 Å². The molecule has 1 aliphatic rings. The molecule has 0 radical (unpaired) electrons. The van der Waals surface area contributed by atoms with Crippen LogP contribution >= 0.6 is 11.8 Å². The van der Waals surface area contributed by atoms with Crippen LogP contribution in [0.3, 0.4) is 0 Å². The summed E-state index contributed by atoms with van der Waals surface area (Å²) in [5.41, 5.74) is 3.23. The zero-order chi connectivity index (χ0) is 15.7. The van der Waals surface area contributed by atoms with E-state index in [9.17, 15) is 4.79 Å². The lowest BCUT2D eigenvalue weighted by Gasteiger charge is -2.24. The summed E-state index contributed by atoms with van der Waals surface area (Å²) >= 11 is 1.68. The average Bonchev–Trinajstić information content (AvgIpc) is 2.83. The molecule has 1 amide bonds. The van der Waals surface area contributed by atoms with E-state index in [1.165, 1.54) is 0 Å². The predicted octanol–water partition coefficient (Wildman–Crippen LogP) is 4.17. The quantitative estimate of drug-likeness (QED) is 0.851. The number of carbonyl (C=O) groups is 1. The van der Waals surface area contributed by atoms with Crippen molar-refractivity contribution in [3.8, 4) is 5.75 Å². The third-order valence-corrected chi connectivity index (χ3v) is 5.18. The number of nitrogens with zero attached hydrogens (tertiary/aromatic N) is 1. The minimum Gasteiger partial charge on any atom is -0.497 e.